The third kappa shape index (κ3) is 3.81. The Kier molecular flexibility index (Phi) is 4.74. The minimum Gasteiger partial charge on any atom is -0.494 e. The highest BCUT2D eigenvalue weighted by Crippen LogP contribution is 2.26. The molecule has 2 aromatic carbocycles. The molecule has 0 aromatic heterocycles. The van der Waals surface area contributed by atoms with E-state index in [2.05, 4.69) is 12.2 Å². The molecule has 0 heterocycles. The van der Waals surface area contributed by atoms with Crippen LogP contribution in [0.1, 0.15) is 25.5 Å². The average molecular weight is 291 g/mol. The molecule has 3 nitrogen and oxygen atoms in total. The zero-order valence-corrected chi connectivity index (χ0v) is 12.4. The zero-order valence-electron chi connectivity index (χ0n) is 11.7. The molecule has 106 valence electrons. The van der Waals surface area contributed by atoms with Crippen molar-refractivity contribution in [1.82, 2.24) is 0 Å². The van der Waals surface area contributed by atoms with Crippen molar-refractivity contribution >= 4 is 23.0 Å². The highest BCUT2D eigenvalue weighted by Gasteiger charge is 2.07. The molecule has 0 radical (unpaired) electrons. The second-order valence-electron chi connectivity index (χ2n) is 4.64. The molecule has 0 saturated carbocycles. The summed E-state index contributed by atoms with van der Waals surface area (Å²) in [5.41, 5.74) is 8.67. The van der Waals surface area contributed by atoms with E-state index in [4.69, 9.17) is 22.1 Å². The van der Waals surface area contributed by atoms with E-state index in [0.29, 0.717) is 12.3 Å². The summed E-state index contributed by atoms with van der Waals surface area (Å²) in [5.74, 6) is 0.776. The lowest BCUT2D eigenvalue weighted by Crippen LogP contribution is -2.07. The summed E-state index contributed by atoms with van der Waals surface area (Å²) in [5, 5.41) is 4.15. The van der Waals surface area contributed by atoms with E-state index in [0.717, 1.165) is 22.0 Å². The van der Waals surface area contributed by atoms with Crippen molar-refractivity contribution in [2.75, 3.05) is 17.7 Å². The number of rotatable bonds is 5. The molecule has 1 unspecified atom stereocenters. The molecule has 0 bridgehead atoms. The van der Waals surface area contributed by atoms with Crippen molar-refractivity contribution in [3.63, 3.8) is 0 Å². The lowest BCUT2D eigenvalue weighted by molar-refractivity contribution is 0.340. The van der Waals surface area contributed by atoms with Crippen LogP contribution in [0.3, 0.4) is 0 Å². The van der Waals surface area contributed by atoms with Crippen molar-refractivity contribution in [3.8, 4) is 5.75 Å². The normalized spacial score (nSPS) is 11.9. The van der Waals surface area contributed by atoms with E-state index < -0.39 is 0 Å². The number of halogens is 1. The Morgan fingerprint density at radius 1 is 1.20 bits per heavy atom. The van der Waals surface area contributed by atoms with Crippen LogP contribution in [0.4, 0.5) is 11.4 Å². The molecule has 20 heavy (non-hydrogen) atoms. The maximum Gasteiger partial charge on any atom is 0.123 e. The Labute approximate surface area is 124 Å². The van der Waals surface area contributed by atoms with Gasteiger partial charge >= 0.3 is 0 Å². The number of anilines is 2. The molecule has 1 atom stereocenters. The smallest absolute Gasteiger partial charge is 0.123 e. The average Bonchev–Trinajstić information content (AvgIpc) is 2.39. The Morgan fingerprint density at radius 3 is 2.55 bits per heavy atom. The fourth-order valence-corrected chi connectivity index (χ4v) is 2.17. The van der Waals surface area contributed by atoms with E-state index in [9.17, 15) is 0 Å². The molecule has 0 aliphatic heterocycles. The first-order chi connectivity index (χ1) is 9.58. The van der Waals surface area contributed by atoms with Gasteiger partial charge in [0.05, 0.1) is 6.61 Å². The third-order valence-corrected chi connectivity index (χ3v) is 3.25. The summed E-state index contributed by atoms with van der Waals surface area (Å²) < 4.78 is 5.49. The summed E-state index contributed by atoms with van der Waals surface area (Å²) in [4.78, 5) is 0. The van der Waals surface area contributed by atoms with Crippen LogP contribution in [-0.4, -0.2) is 6.61 Å². The molecule has 0 aliphatic carbocycles. The monoisotopic (exact) mass is 290 g/mol. The molecule has 0 saturated heterocycles. The van der Waals surface area contributed by atoms with E-state index in [1.54, 1.807) is 0 Å². The number of ether oxygens (including phenoxy) is 1. The predicted molar refractivity (Wildman–Crippen MR) is 85.5 cm³/mol. The first-order valence-electron chi connectivity index (χ1n) is 6.64. The molecule has 0 spiro atoms. The molecule has 2 aromatic rings. The van der Waals surface area contributed by atoms with Crippen LogP contribution >= 0.6 is 11.6 Å². The van der Waals surface area contributed by atoms with Gasteiger partial charge < -0.3 is 15.8 Å². The largest absolute Gasteiger partial charge is 0.494 e. The fourth-order valence-electron chi connectivity index (χ4n) is 2.04. The van der Waals surface area contributed by atoms with Gasteiger partial charge in [-0.15, -0.1) is 0 Å². The topological polar surface area (TPSA) is 47.3 Å². The fraction of sp³-hybridized carbons (Fsp3) is 0.250. The molecule has 0 amide bonds. The van der Waals surface area contributed by atoms with Crippen LogP contribution in [0.5, 0.6) is 5.75 Å². The molecule has 3 N–H and O–H groups in total. The van der Waals surface area contributed by atoms with Crippen molar-refractivity contribution in [1.29, 1.82) is 0 Å². The standard InChI is InChI=1S/C16H19ClN2O/c1-3-20-16-9-14(18)8-15(10-16)19-11(2)12-4-6-13(17)7-5-12/h4-11,19H,3,18H2,1-2H3. The SMILES string of the molecule is CCOc1cc(N)cc(NC(C)c2ccc(Cl)cc2)c1. The van der Waals surface area contributed by atoms with Crippen LogP contribution < -0.4 is 15.8 Å². The second-order valence-corrected chi connectivity index (χ2v) is 5.08. The first kappa shape index (κ1) is 14.5. The predicted octanol–water partition coefficient (Wildman–Crippen LogP) is 4.49. The number of benzene rings is 2. The van der Waals surface area contributed by atoms with Crippen molar-refractivity contribution in [2.45, 2.75) is 19.9 Å². The van der Waals surface area contributed by atoms with Crippen LogP contribution in [0, 0.1) is 0 Å². The third-order valence-electron chi connectivity index (χ3n) is 2.99. The lowest BCUT2D eigenvalue weighted by atomic mass is 10.1. The van der Waals surface area contributed by atoms with Crippen LogP contribution in [0.2, 0.25) is 5.02 Å². The number of nitrogens with two attached hydrogens (primary N) is 1. The van der Waals surface area contributed by atoms with Crippen molar-refractivity contribution in [3.05, 3.63) is 53.1 Å². The number of hydrogen-bond acceptors (Lipinski definition) is 3. The Balaban J connectivity index is 2.14. The van der Waals surface area contributed by atoms with Gasteiger partial charge in [-0.25, -0.2) is 0 Å². The number of hydrogen-bond donors (Lipinski definition) is 2. The Bertz CT molecular complexity index is 569. The summed E-state index contributed by atoms with van der Waals surface area (Å²) in [6, 6.07) is 13.6. The van der Waals surface area contributed by atoms with E-state index >= 15 is 0 Å². The van der Waals surface area contributed by atoms with Gasteiger partial charge in [0.1, 0.15) is 5.75 Å². The highest BCUT2D eigenvalue weighted by molar-refractivity contribution is 6.30. The van der Waals surface area contributed by atoms with Crippen LogP contribution in [0.15, 0.2) is 42.5 Å². The zero-order chi connectivity index (χ0) is 14.5. The maximum atomic E-state index is 5.90. The van der Waals surface area contributed by atoms with Crippen molar-refractivity contribution in [2.24, 2.45) is 0 Å². The van der Waals surface area contributed by atoms with E-state index in [1.165, 1.54) is 0 Å². The van der Waals surface area contributed by atoms with Gasteiger partial charge in [-0.1, -0.05) is 23.7 Å². The van der Waals surface area contributed by atoms with Gasteiger partial charge in [0.15, 0.2) is 0 Å². The minimum absolute atomic E-state index is 0.156. The van der Waals surface area contributed by atoms with Gasteiger partial charge in [-0.2, -0.15) is 0 Å². The van der Waals surface area contributed by atoms with E-state index in [1.807, 2.05) is 49.4 Å². The summed E-state index contributed by atoms with van der Waals surface area (Å²) >= 11 is 5.90. The minimum atomic E-state index is 0.156. The quantitative estimate of drug-likeness (QED) is 0.797. The summed E-state index contributed by atoms with van der Waals surface area (Å²) in [7, 11) is 0. The molecular weight excluding hydrogens is 272 g/mol. The molecule has 2 rings (SSSR count). The number of nitrogens with one attached hydrogen (secondary N) is 1. The van der Waals surface area contributed by atoms with Gasteiger partial charge in [-0.3, -0.25) is 0 Å². The second kappa shape index (κ2) is 6.53. The molecule has 4 heteroatoms. The molecule has 0 fully saturated rings. The van der Waals surface area contributed by atoms with Gasteiger partial charge in [0.2, 0.25) is 0 Å². The van der Waals surface area contributed by atoms with Gasteiger partial charge in [0.25, 0.3) is 0 Å². The van der Waals surface area contributed by atoms with E-state index in [-0.39, 0.29) is 6.04 Å². The summed E-state index contributed by atoms with van der Waals surface area (Å²) in [6.45, 7) is 4.66. The highest BCUT2D eigenvalue weighted by atomic mass is 35.5. The Morgan fingerprint density at radius 2 is 1.90 bits per heavy atom. The van der Waals surface area contributed by atoms with Crippen LogP contribution in [0.25, 0.3) is 0 Å². The van der Waals surface area contributed by atoms with Gasteiger partial charge in [0, 0.05) is 34.6 Å². The lowest BCUT2D eigenvalue weighted by Gasteiger charge is -2.17. The van der Waals surface area contributed by atoms with Crippen molar-refractivity contribution < 1.29 is 4.74 Å². The maximum absolute atomic E-state index is 5.90. The first-order valence-corrected chi connectivity index (χ1v) is 7.01. The molecule has 0 aliphatic rings. The summed E-state index contributed by atoms with van der Waals surface area (Å²) in [6.07, 6.45) is 0. The van der Waals surface area contributed by atoms with Crippen LogP contribution in [-0.2, 0) is 0 Å². The molecular formula is C16H19ClN2O. The van der Waals surface area contributed by atoms with Gasteiger partial charge in [-0.05, 0) is 37.6 Å². The Hall–Kier alpha value is -1.87. The number of nitrogen functional groups attached to an aromatic ring is 1.